The number of carbonyl (C=O) groups excluding carboxylic acids is 1. The van der Waals surface area contributed by atoms with Crippen LogP contribution in [-0.2, 0) is 4.57 Å². The minimum Gasteiger partial charge on any atom is -0.305 e. The van der Waals surface area contributed by atoms with Gasteiger partial charge in [-0.3, -0.25) is 4.79 Å². The second kappa shape index (κ2) is 7.23. The van der Waals surface area contributed by atoms with E-state index in [4.69, 9.17) is 11.6 Å². The Morgan fingerprint density at radius 1 is 0.808 bits per heavy atom. The summed E-state index contributed by atoms with van der Waals surface area (Å²) in [5.41, 5.74) is 2.47. The lowest BCUT2D eigenvalue weighted by molar-refractivity contribution is 0.107. The van der Waals surface area contributed by atoms with Crippen LogP contribution in [0.15, 0.2) is 66.7 Å². The molecule has 4 heteroatoms. The Hall–Kier alpha value is -2.15. The highest BCUT2D eigenvalue weighted by molar-refractivity contribution is 7.93. The Bertz CT molecular complexity index is 968. The van der Waals surface area contributed by atoms with Crippen LogP contribution in [0.1, 0.15) is 27.0 Å². The summed E-state index contributed by atoms with van der Waals surface area (Å²) in [4.78, 5) is 13.7. The number of hydrogen-bond donors (Lipinski definition) is 0. The van der Waals surface area contributed by atoms with Crippen molar-refractivity contribution in [1.29, 1.82) is 0 Å². The summed E-state index contributed by atoms with van der Waals surface area (Å²) in [5, 5.41) is 1.62. The van der Waals surface area contributed by atoms with Crippen molar-refractivity contribution in [2.45, 2.75) is 20.8 Å². The predicted molar refractivity (Wildman–Crippen MR) is 110 cm³/mol. The van der Waals surface area contributed by atoms with E-state index in [1.807, 2.05) is 39.0 Å². The summed E-state index contributed by atoms with van der Waals surface area (Å²) >= 11 is 6.40. The van der Waals surface area contributed by atoms with Crippen molar-refractivity contribution in [2.24, 2.45) is 0 Å². The molecule has 0 amide bonds. The van der Waals surface area contributed by atoms with Crippen LogP contribution >= 0.6 is 18.7 Å². The largest absolute Gasteiger partial charge is 0.305 e. The molecule has 0 aliphatic heterocycles. The minimum absolute atomic E-state index is 0.369. The van der Waals surface area contributed by atoms with E-state index in [0.717, 1.165) is 11.1 Å². The number of rotatable bonds is 4. The molecule has 0 atom stereocenters. The van der Waals surface area contributed by atoms with Crippen molar-refractivity contribution >= 4 is 34.9 Å². The molecule has 0 aromatic heterocycles. The lowest BCUT2D eigenvalue weighted by Gasteiger charge is -2.21. The monoisotopic (exact) mass is 382 g/mol. The number of benzene rings is 3. The van der Waals surface area contributed by atoms with Gasteiger partial charge in [-0.1, -0.05) is 78.3 Å². The second-order valence-corrected chi connectivity index (χ2v) is 9.45. The molecule has 0 unspecified atom stereocenters. The van der Waals surface area contributed by atoms with Gasteiger partial charge in [0.15, 0.2) is 0 Å². The smallest absolute Gasteiger partial charge is 0.230 e. The van der Waals surface area contributed by atoms with E-state index in [0.29, 0.717) is 26.8 Å². The Morgan fingerprint density at radius 2 is 1.27 bits per heavy atom. The van der Waals surface area contributed by atoms with Crippen LogP contribution in [0.3, 0.4) is 0 Å². The molecule has 0 saturated carbocycles. The summed E-state index contributed by atoms with van der Waals surface area (Å²) in [5.74, 6) is 0. The fourth-order valence-electron chi connectivity index (χ4n) is 3.31. The summed E-state index contributed by atoms with van der Waals surface area (Å²) in [6, 6.07) is 19.8. The maximum Gasteiger partial charge on any atom is 0.230 e. The molecule has 0 fully saturated rings. The van der Waals surface area contributed by atoms with Crippen molar-refractivity contribution in [3.8, 4) is 0 Å². The first-order valence-corrected chi connectivity index (χ1v) is 10.5. The highest BCUT2D eigenvalue weighted by Gasteiger charge is 2.38. The van der Waals surface area contributed by atoms with Crippen molar-refractivity contribution in [3.05, 3.63) is 94.0 Å². The topological polar surface area (TPSA) is 34.1 Å². The fraction of sp³-hybridized carbons (Fsp3) is 0.136. The highest BCUT2D eigenvalue weighted by atomic mass is 35.5. The first kappa shape index (κ1) is 18.6. The molecule has 0 bridgehead atoms. The molecule has 3 rings (SSSR count). The lowest BCUT2D eigenvalue weighted by Crippen LogP contribution is -2.23. The first-order valence-electron chi connectivity index (χ1n) is 8.40. The van der Waals surface area contributed by atoms with E-state index in [-0.39, 0.29) is 5.52 Å². The predicted octanol–water partition coefficient (Wildman–Crippen LogP) is 5.42. The van der Waals surface area contributed by atoms with E-state index in [9.17, 15) is 9.36 Å². The van der Waals surface area contributed by atoms with Gasteiger partial charge in [-0.05, 0) is 37.5 Å². The molecular formula is C22H20ClO2P. The number of carbonyl (C=O) groups is 1. The lowest BCUT2D eigenvalue weighted by atomic mass is 10.0. The van der Waals surface area contributed by atoms with Crippen molar-refractivity contribution < 1.29 is 9.36 Å². The molecule has 132 valence electrons. The van der Waals surface area contributed by atoms with Gasteiger partial charge in [0, 0.05) is 21.2 Å². The van der Waals surface area contributed by atoms with Gasteiger partial charge >= 0.3 is 0 Å². The Balaban J connectivity index is 2.30. The number of aryl methyl sites for hydroxylation is 2. The molecule has 3 aromatic rings. The average molecular weight is 383 g/mol. The first-order chi connectivity index (χ1) is 12.4. The van der Waals surface area contributed by atoms with Gasteiger partial charge in [0.05, 0.1) is 0 Å². The second-order valence-electron chi connectivity index (χ2n) is 6.41. The maximum atomic E-state index is 14.2. The SMILES string of the molecule is Cc1cc(C)c(C(=O)P(=O)(c2ccccc2)c2ccccc2)c(C)c1Cl. The molecule has 3 aromatic carbocycles. The molecule has 0 aliphatic rings. The molecule has 0 saturated heterocycles. The van der Waals surface area contributed by atoms with Crippen LogP contribution in [0.2, 0.25) is 5.02 Å². The van der Waals surface area contributed by atoms with E-state index in [1.165, 1.54) is 0 Å². The average Bonchev–Trinajstić information content (AvgIpc) is 2.67. The van der Waals surface area contributed by atoms with E-state index in [2.05, 4.69) is 0 Å². The van der Waals surface area contributed by atoms with Crippen LogP contribution < -0.4 is 10.6 Å². The molecule has 0 aliphatic carbocycles. The van der Waals surface area contributed by atoms with Crippen LogP contribution in [0.25, 0.3) is 0 Å². The van der Waals surface area contributed by atoms with Crippen molar-refractivity contribution in [3.63, 3.8) is 0 Å². The zero-order valence-electron chi connectivity index (χ0n) is 15.0. The molecule has 0 N–H and O–H groups in total. The van der Waals surface area contributed by atoms with Gasteiger partial charge in [0.2, 0.25) is 12.7 Å². The highest BCUT2D eigenvalue weighted by Crippen LogP contribution is 2.48. The zero-order chi connectivity index (χ0) is 18.9. The fourth-order valence-corrected chi connectivity index (χ4v) is 6.07. The van der Waals surface area contributed by atoms with Gasteiger partial charge in [0.25, 0.3) is 0 Å². The van der Waals surface area contributed by atoms with Gasteiger partial charge in [-0.25, -0.2) is 0 Å². The Kier molecular flexibility index (Phi) is 5.18. The van der Waals surface area contributed by atoms with E-state index < -0.39 is 7.14 Å². The molecule has 0 heterocycles. The zero-order valence-corrected chi connectivity index (χ0v) is 16.6. The molecular weight excluding hydrogens is 363 g/mol. The minimum atomic E-state index is -3.52. The molecule has 26 heavy (non-hydrogen) atoms. The maximum absolute atomic E-state index is 14.2. The molecule has 0 radical (unpaired) electrons. The third-order valence-electron chi connectivity index (χ3n) is 4.62. The van der Waals surface area contributed by atoms with Gasteiger partial charge in [-0.2, -0.15) is 0 Å². The number of halogens is 1. The summed E-state index contributed by atoms with van der Waals surface area (Å²) < 4.78 is 14.2. The molecule has 0 spiro atoms. The normalized spacial score (nSPS) is 11.4. The standard InChI is InChI=1S/C22H20ClO2P/c1-15-14-16(2)21(23)17(3)20(15)22(24)26(25,18-10-6-4-7-11-18)19-12-8-5-9-13-19/h4-14H,1-3H3. The summed E-state index contributed by atoms with van der Waals surface area (Å²) in [6.45, 7) is 5.59. The molecule has 2 nitrogen and oxygen atoms in total. The third kappa shape index (κ3) is 3.05. The summed E-state index contributed by atoms with van der Waals surface area (Å²) in [7, 11) is -3.52. The Labute approximate surface area is 159 Å². The van der Waals surface area contributed by atoms with E-state index >= 15 is 0 Å². The van der Waals surface area contributed by atoms with Gasteiger partial charge in [-0.15, -0.1) is 0 Å². The quantitative estimate of drug-likeness (QED) is 0.564. The number of hydrogen-bond acceptors (Lipinski definition) is 2. The van der Waals surface area contributed by atoms with Crippen LogP contribution in [-0.4, -0.2) is 5.52 Å². The van der Waals surface area contributed by atoms with Crippen molar-refractivity contribution in [2.75, 3.05) is 0 Å². The van der Waals surface area contributed by atoms with Crippen LogP contribution in [0.5, 0.6) is 0 Å². The van der Waals surface area contributed by atoms with Crippen LogP contribution in [0, 0.1) is 20.8 Å². The van der Waals surface area contributed by atoms with Crippen LogP contribution in [0.4, 0.5) is 0 Å². The van der Waals surface area contributed by atoms with Gasteiger partial charge < -0.3 is 4.57 Å². The third-order valence-corrected chi connectivity index (χ3v) is 8.05. The summed E-state index contributed by atoms with van der Waals surface area (Å²) in [6.07, 6.45) is 0. The van der Waals surface area contributed by atoms with E-state index in [1.54, 1.807) is 48.5 Å². The van der Waals surface area contributed by atoms with Gasteiger partial charge in [0.1, 0.15) is 0 Å². The Morgan fingerprint density at radius 3 is 1.73 bits per heavy atom. The van der Waals surface area contributed by atoms with Crippen molar-refractivity contribution in [1.82, 2.24) is 0 Å².